The van der Waals surface area contributed by atoms with Crippen LogP contribution >= 0.6 is 0 Å². The number of hydrogen-bond acceptors (Lipinski definition) is 4. The van der Waals surface area contributed by atoms with Crippen LogP contribution in [0.3, 0.4) is 0 Å². The molecular formula is C21H29N3O3. The van der Waals surface area contributed by atoms with Crippen molar-refractivity contribution in [1.29, 1.82) is 0 Å². The molecule has 0 aromatic heterocycles. The molecule has 1 unspecified atom stereocenters. The van der Waals surface area contributed by atoms with Crippen LogP contribution in [0.5, 0.6) is 5.75 Å². The van der Waals surface area contributed by atoms with E-state index >= 15 is 0 Å². The van der Waals surface area contributed by atoms with Gasteiger partial charge in [-0.05, 0) is 58.9 Å². The molecule has 27 heavy (non-hydrogen) atoms. The molecule has 2 N–H and O–H groups in total. The van der Waals surface area contributed by atoms with Crippen molar-refractivity contribution in [1.82, 2.24) is 0 Å². The summed E-state index contributed by atoms with van der Waals surface area (Å²) >= 11 is 0. The van der Waals surface area contributed by atoms with Crippen LogP contribution in [0.15, 0.2) is 58.8 Å². The molecule has 1 atom stereocenters. The Labute approximate surface area is 161 Å². The average Bonchev–Trinajstić information content (AvgIpc) is 2.60. The number of benzene rings is 2. The minimum atomic E-state index is -1.06. The Morgan fingerprint density at radius 2 is 1.59 bits per heavy atom. The lowest BCUT2D eigenvalue weighted by Crippen LogP contribution is -3.19. The maximum absolute atomic E-state index is 10.9. The number of nitrogens with one attached hydrogen (secondary N) is 1. The number of quaternary nitrogens is 1. The summed E-state index contributed by atoms with van der Waals surface area (Å²) < 4.78 is 0. The molecule has 0 saturated heterocycles. The third kappa shape index (κ3) is 7.58. The van der Waals surface area contributed by atoms with E-state index in [2.05, 4.69) is 51.9 Å². The first-order chi connectivity index (χ1) is 12.5. The van der Waals surface area contributed by atoms with Crippen molar-refractivity contribution in [2.75, 3.05) is 7.05 Å². The second-order valence-corrected chi connectivity index (χ2v) is 7.60. The van der Waals surface area contributed by atoms with E-state index in [9.17, 15) is 9.90 Å². The molecule has 6 nitrogen and oxygen atoms in total. The van der Waals surface area contributed by atoms with Gasteiger partial charge in [0.1, 0.15) is 5.69 Å². The maximum atomic E-state index is 10.9. The van der Waals surface area contributed by atoms with Crippen LogP contribution in [0.4, 0.5) is 11.4 Å². The van der Waals surface area contributed by atoms with E-state index in [1.807, 2.05) is 0 Å². The molecule has 0 aliphatic rings. The Hall–Kier alpha value is -2.73. The number of azo groups is 1. The fraction of sp³-hybridized carbons (Fsp3) is 0.381. The molecule has 0 spiro atoms. The third-order valence-electron chi connectivity index (χ3n) is 4.29. The summed E-state index contributed by atoms with van der Waals surface area (Å²) in [4.78, 5) is 12.5. The van der Waals surface area contributed by atoms with E-state index < -0.39 is 5.97 Å². The smallest absolute Gasteiger partial charge is 0.337 e. The highest BCUT2D eigenvalue weighted by molar-refractivity contribution is 5.93. The second-order valence-electron chi connectivity index (χ2n) is 7.60. The molecule has 0 radical (unpaired) electrons. The molecule has 0 bridgehead atoms. The van der Waals surface area contributed by atoms with E-state index in [0.717, 1.165) is 6.04 Å². The van der Waals surface area contributed by atoms with E-state index in [4.69, 9.17) is 5.11 Å². The minimum absolute atomic E-state index is 0.0849. The lowest BCUT2D eigenvalue weighted by atomic mass is 10.1. The second kappa shape index (κ2) is 9.83. The summed E-state index contributed by atoms with van der Waals surface area (Å²) in [5.74, 6) is -1.17. The van der Waals surface area contributed by atoms with Crippen molar-refractivity contribution in [3.63, 3.8) is 0 Å². The SMILES string of the molecule is CC(C)[NH+](C)C(C)(C)C.O=C(O)c1ccccc1N=Nc1ccc([O-])cc1. The Morgan fingerprint density at radius 3 is 2.04 bits per heavy atom. The quantitative estimate of drug-likeness (QED) is 0.805. The molecule has 0 amide bonds. The summed E-state index contributed by atoms with van der Waals surface area (Å²) in [5.41, 5.74) is 1.25. The molecule has 0 heterocycles. The molecule has 0 aliphatic carbocycles. The molecule has 0 saturated carbocycles. The van der Waals surface area contributed by atoms with E-state index in [-0.39, 0.29) is 17.0 Å². The summed E-state index contributed by atoms with van der Waals surface area (Å²) in [7, 11) is 2.24. The van der Waals surface area contributed by atoms with E-state index in [1.165, 1.54) is 30.3 Å². The van der Waals surface area contributed by atoms with Crippen molar-refractivity contribution < 1.29 is 19.9 Å². The minimum Gasteiger partial charge on any atom is -0.872 e. The van der Waals surface area contributed by atoms with Crippen molar-refractivity contribution in [3.05, 3.63) is 54.1 Å². The summed E-state index contributed by atoms with van der Waals surface area (Å²) in [6, 6.07) is 12.8. The molecule has 0 fully saturated rings. The molecule has 2 aromatic carbocycles. The van der Waals surface area contributed by atoms with Gasteiger partial charge in [0, 0.05) is 0 Å². The zero-order chi connectivity index (χ0) is 20.6. The first kappa shape index (κ1) is 22.3. The van der Waals surface area contributed by atoms with E-state index in [0.29, 0.717) is 11.2 Å². The van der Waals surface area contributed by atoms with Gasteiger partial charge in [0.25, 0.3) is 0 Å². The highest BCUT2D eigenvalue weighted by Gasteiger charge is 2.22. The van der Waals surface area contributed by atoms with Gasteiger partial charge in [-0.25, -0.2) is 4.79 Å². The van der Waals surface area contributed by atoms with Gasteiger partial charge in [-0.2, -0.15) is 5.11 Å². The fourth-order valence-corrected chi connectivity index (χ4v) is 2.23. The van der Waals surface area contributed by atoms with Gasteiger partial charge in [-0.1, -0.05) is 24.3 Å². The van der Waals surface area contributed by atoms with Gasteiger partial charge in [0.15, 0.2) is 0 Å². The predicted octanol–water partition coefficient (Wildman–Crippen LogP) is 3.58. The normalized spacial score (nSPS) is 12.6. The van der Waals surface area contributed by atoms with Crippen LogP contribution in [0.1, 0.15) is 45.0 Å². The topological polar surface area (TPSA) is 89.5 Å². The number of hydrogen-bond donors (Lipinski definition) is 2. The van der Waals surface area contributed by atoms with Gasteiger partial charge in [0.2, 0.25) is 0 Å². The van der Waals surface area contributed by atoms with Crippen molar-refractivity contribution >= 4 is 17.3 Å². The van der Waals surface area contributed by atoms with Crippen molar-refractivity contribution in [2.45, 2.75) is 46.2 Å². The number of carbonyl (C=O) groups is 1. The van der Waals surface area contributed by atoms with Gasteiger partial charge in [-0.3, -0.25) is 0 Å². The highest BCUT2D eigenvalue weighted by Crippen LogP contribution is 2.22. The van der Waals surface area contributed by atoms with Crippen molar-refractivity contribution in [2.24, 2.45) is 10.2 Å². The number of rotatable bonds is 4. The molecule has 0 aliphatic heterocycles. The standard InChI is InChI=1S/C13H10N2O3.C8H19N/c16-10-7-5-9(6-8-10)14-15-12-4-2-1-3-11(12)13(17)18;1-7(2)9(6)8(3,4)5/h1-8,16H,(H,17,18);7H,1-6H3. The van der Waals surface area contributed by atoms with Crippen LogP contribution in [0.2, 0.25) is 0 Å². The number of aromatic carboxylic acids is 1. The number of carboxylic acids is 1. The van der Waals surface area contributed by atoms with Crippen LogP contribution in [0.25, 0.3) is 0 Å². The largest absolute Gasteiger partial charge is 0.872 e. The molecule has 146 valence electrons. The van der Waals surface area contributed by atoms with Crippen molar-refractivity contribution in [3.8, 4) is 5.75 Å². The van der Waals surface area contributed by atoms with Gasteiger partial charge >= 0.3 is 5.97 Å². The summed E-state index contributed by atoms with van der Waals surface area (Å²) in [5, 5.41) is 27.6. The average molecular weight is 371 g/mol. The van der Waals surface area contributed by atoms with Crippen LogP contribution < -0.4 is 10.0 Å². The highest BCUT2D eigenvalue weighted by atomic mass is 16.4. The first-order valence-corrected chi connectivity index (χ1v) is 8.87. The molecule has 2 aromatic rings. The van der Waals surface area contributed by atoms with Crippen LogP contribution in [-0.4, -0.2) is 29.7 Å². The zero-order valence-electron chi connectivity index (χ0n) is 16.9. The number of nitrogens with zero attached hydrogens (tertiary/aromatic N) is 2. The van der Waals surface area contributed by atoms with Crippen LogP contribution in [-0.2, 0) is 0 Å². The Bertz CT molecular complexity index is 763. The maximum Gasteiger partial charge on any atom is 0.337 e. The van der Waals surface area contributed by atoms with Gasteiger partial charge in [-0.15, -0.1) is 10.9 Å². The zero-order valence-corrected chi connectivity index (χ0v) is 16.9. The van der Waals surface area contributed by atoms with Gasteiger partial charge < -0.3 is 15.1 Å². The third-order valence-corrected chi connectivity index (χ3v) is 4.29. The monoisotopic (exact) mass is 371 g/mol. The summed E-state index contributed by atoms with van der Waals surface area (Å²) in [6.45, 7) is 11.3. The summed E-state index contributed by atoms with van der Waals surface area (Å²) in [6.07, 6.45) is 0. The first-order valence-electron chi connectivity index (χ1n) is 8.87. The number of carboxylic acid groups (broad SMARTS) is 1. The Kier molecular flexibility index (Phi) is 8.12. The predicted molar refractivity (Wildman–Crippen MR) is 105 cm³/mol. The Balaban J connectivity index is 0.000000345. The fourth-order valence-electron chi connectivity index (χ4n) is 2.23. The molecule has 2 rings (SSSR count). The van der Waals surface area contributed by atoms with Gasteiger partial charge in [0.05, 0.1) is 29.9 Å². The van der Waals surface area contributed by atoms with Crippen LogP contribution in [0, 0.1) is 0 Å². The molecular weight excluding hydrogens is 342 g/mol. The Morgan fingerprint density at radius 1 is 1.04 bits per heavy atom. The lowest BCUT2D eigenvalue weighted by molar-refractivity contribution is -0.948. The van der Waals surface area contributed by atoms with E-state index in [1.54, 1.807) is 23.1 Å². The molecule has 6 heteroatoms. The lowest BCUT2D eigenvalue weighted by Gasteiger charge is -2.31.